The van der Waals surface area contributed by atoms with Crippen LogP contribution in [0.2, 0.25) is 0 Å². The molecule has 0 spiro atoms. The van der Waals surface area contributed by atoms with Crippen LogP contribution in [-0.4, -0.2) is 28.0 Å². The summed E-state index contributed by atoms with van der Waals surface area (Å²) in [4.78, 5) is 24.0. The lowest BCUT2D eigenvalue weighted by Gasteiger charge is -2.18. The van der Waals surface area contributed by atoms with E-state index in [1.165, 1.54) is 22.9 Å². The molecule has 0 N–H and O–H groups in total. The van der Waals surface area contributed by atoms with Gasteiger partial charge < -0.3 is 4.74 Å². The summed E-state index contributed by atoms with van der Waals surface area (Å²) < 4.78 is 6.72. The second-order valence-electron chi connectivity index (χ2n) is 5.18. The summed E-state index contributed by atoms with van der Waals surface area (Å²) in [7, 11) is 1.85. The van der Waals surface area contributed by atoms with Gasteiger partial charge in [-0.2, -0.15) is 0 Å². The molecule has 0 bridgehead atoms. The van der Waals surface area contributed by atoms with E-state index in [1.807, 2.05) is 43.1 Å². The van der Waals surface area contributed by atoms with Crippen LogP contribution in [0, 0.1) is 10.1 Å². The molecule has 122 valence electrons. The minimum atomic E-state index is -0.512. The highest BCUT2D eigenvalue weighted by atomic mass is 16.6. The van der Waals surface area contributed by atoms with E-state index in [4.69, 9.17) is 4.74 Å². The lowest BCUT2D eigenvalue weighted by molar-refractivity contribution is -0.385. The molecular formula is C16H19N3O4. The fraction of sp³-hybridized carbons (Fsp3) is 0.312. The topological polar surface area (TPSA) is 77.6 Å². The van der Waals surface area contributed by atoms with E-state index in [-0.39, 0.29) is 17.9 Å². The maximum absolute atomic E-state index is 11.8. The van der Waals surface area contributed by atoms with Crippen molar-refractivity contribution in [2.24, 2.45) is 0 Å². The van der Waals surface area contributed by atoms with E-state index in [0.717, 1.165) is 11.3 Å². The minimum absolute atomic E-state index is 0.0981. The molecule has 1 aromatic carbocycles. The van der Waals surface area contributed by atoms with Crippen LogP contribution in [0.4, 0.5) is 5.69 Å². The van der Waals surface area contributed by atoms with E-state index in [0.29, 0.717) is 13.2 Å². The highest BCUT2D eigenvalue weighted by molar-refractivity contribution is 5.27. The van der Waals surface area contributed by atoms with Crippen molar-refractivity contribution in [3.8, 4) is 5.75 Å². The molecule has 2 aromatic rings. The molecule has 23 heavy (non-hydrogen) atoms. The van der Waals surface area contributed by atoms with Gasteiger partial charge >= 0.3 is 0 Å². The number of aromatic nitrogens is 1. The van der Waals surface area contributed by atoms with Gasteiger partial charge in [-0.05, 0) is 31.7 Å². The third-order valence-corrected chi connectivity index (χ3v) is 3.26. The quantitative estimate of drug-likeness (QED) is 0.578. The molecule has 0 radical (unpaired) electrons. The second kappa shape index (κ2) is 7.55. The third-order valence-electron chi connectivity index (χ3n) is 3.26. The highest BCUT2D eigenvalue weighted by Crippen LogP contribution is 2.13. The number of nitro groups is 1. The van der Waals surface area contributed by atoms with Crippen LogP contribution < -0.4 is 10.3 Å². The lowest BCUT2D eigenvalue weighted by Crippen LogP contribution is -2.29. The first-order valence-corrected chi connectivity index (χ1v) is 7.24. The van der Waals surface area contributed by atoms with Gasteiger partial charge in [0, 0.05) is 18.7 Å². The smallest absolute Gasteiger partial charge is 0.285 e. The Hall–Kier alpha value is -2.67. The summed E-state index contributed by atoms with van der Waals surface area (Å²) in [6.45, 7) is 3.43. The van der Waals surface area contributed by atoms with Crippen LogP contribution in [0.3, 0.4) is 0 Å². The highest BCUT2D eigenvalue weighted by Gasteiger charge is 2.09. The van der Waals surface area contributed by atoms with E-state index >= 15 is 0 Å². The summed E-state index contributed by atoms with van der Waals surface area (Å²) in [5.74, 6) is 0.814. The van der Waals surface area contributed by atoms with Gasteiger partial charge in [0.2, 0.25) is 0 Å². The number of nitrogens with zero attached hydrogens (tertiary/aromatic N) is 3. The summed E-state index contributed by atoms with van der Waals surface area (Å²) in [5.41, 5.74) is 0.697. The number of benzene rings is 1. The Morgan fingerprint density at radius 1 is 1.22 bits per heavy atom. The standard InChI is InChI=1S/C16H19N3O4/c1-3-23-15-7-4-13(5-8-15)10-17(2)12-18-11-14(19(21)22)6-9-16(18)20/h4-9,11H,3,10,12H2,1-2H3. The van der Waals surface area contributed by atoms with E-state index < -0.39 is 4.92 Å². The molecule has 0 aliphatic heterocycles. The first kappa shape index (κ1) is 16.7. The van der Waals surface area contributed by atoms with Gasteiger partial charge in [0.25, 0.3) is 11.2 Å². The Morgan fingerprint density at radius 2 is 1.91 bits per heavy atom. The maximum Gasteiger partial charge on any atom is 0.285 e. The van der Waals surface area contributed by atoms with Gasteiger partial charge in [-0.1, -0.05) is 12.1 Å². The van der Waals surface area contributed by atoms with Gasteiger partial charge in [-0.15, -0.1) is 0 Å². The molecule has 1 aromatic heterocycles. The van der Waals surface area contributed by atoms with Gasteiger partial charge in [0.15, 0.2) is 0 Å². The third kappa shape index (κ3) is 4.65. The van der Waals surface area contributed by atoms with E-state index in [2.05, 4.69) is 0 Å². The van der Waals surface area contributed by atoms with Crippen molar-refractivity contribution in [1.82, 2.24) is 9.47 Å². The zero-order valence-corrected chi connectivity index (χ0v) is 13.1. The van der Waals surface area contributed by atoms with Crippen molar-refractivity contribution in [1.29, 1.82) is 0 Å². The van der Waals surface area contributed by atoms with Crippen molar-refractivity contribution in [2.45, 2.75) is 20.1 Å². The largest absolute Gasteiger partial charge is 0.494 e. The van der Waals surface area contributed by atoms with Crippen molar-refractivity contribution >= 4 is 5.69 Å². The number of hydrogen-bond donors (Lipinski definition) is 0. The molecule has 7 heteroatoms. The molecule has 0 fully saturated rings. The first-order chi connectivity index (χ1) is 11.0. The van der Waals surface area contributed by atoms with Gasteiger partial charge in [-0.3, -0.25) is 24.4 Å². The molecule has 0 atom stereocenters. The van der Waals surface area contributed by atoms with Crippen molar-refractivity contribution in [2.75, 3.05) is 13.7 Å². The molecule has 0 saturated heterocycles. The Bertz CT molecular complexity index is 725. The predicted molar refractivity (Wildman–Crippen MR) is 86.4 cm³/mol. The van der Waals surface area contributed by atoms with Crippen LogP contribution >= 0.6 is 0 Å². The van der Waals surface area contributed by atoms with Crippen LogP contribution in [0.1, 0.15) is 12.5 Å². The Morgan fingerprint density at radius 3 is 2.52 bits per heavy atom. The van der Waals surface area contributed by atoms with Crippen LogP contribution in [-0.2, 0) is 13.2 Å². The average molecular weight is 317 g/mol. The molecule has 2 rings (SSSR count). The molecule has 0 aliphatic carbocycles. The number of hydrogen-bond acceptors (Lipinski definition) is 5. The van der Waals surface area contributed by atoms with Gasteiger partial charge in [-0.25, -0.2) is 0 Å². The fourth-order valence-electron chi connectivity index (χ4n) is 2.22. The molecule has 7 nitrogen and oxygen atoms in total. The molecule has 0 aliphatic rings. The summed E-state index contributed by atoms with van der Waals surface area (Å²) in [5, 5.41) is 10.8. The Labute approximate surface area is 133 Å². The van der Waals surface area contributed by atoms with Gasteiger partial charge in [0.1, 0.15) is 5.75 Å². The van der Waals surface area contributed by atoms with Crippen molar-refractivity contribution in [3.63, 3.8) is 0 Å². The number of ether oxygens (including phenoxy) is 1. The lowest BCUT2D eigenvalue weighted by atomic mass is 10.2. The maximum atomic E-state index is 11.8. The SMILES string of the molecule is CCOc1ccc(CN(C)Cn2cc([N+](=O)[O-])ccc2=O)cc1. The Balaban J connectivity index is 2.04. The van der Waals surface area contributed by atoms with Crippen LogP contribution in [0.5, 0.6) is 5.75 Å². The van der Waals surface area contributed by atoms with Gasteiger partial charge in [0.05, 0.1) is 24.4 Å². The summed E-state index contributed by atoms with van der Waals surface area (Å²) in [6.07, 6.45) is 1.26. The molecule has 1 heterocycles. The first-order valence-electron chi connectivity index (χ1n) is 7.24. The fourth-order valence-corrected chi connectivity index (χ4v) is 2.22. The zero-order valence-electron chi connectivity index (χ0n) is 13.1. The van der Waals surface area contributed by atoms with Crippen LogP contribution in [0.25, 0.3) is 0 Å². The van der Waals surface area contributed by atoms with Crippen molar-refractivity contribution < 1.29 is 9.66 Å². The summed E-state index contributed by atoms with van der Waals surface area (Å²) >= 11 is 0. The second-order valence-corrected chi connectivity index (χ2v) is 5.18. The minimum Gasteiger partial charge on any atom is -0.494 e. The average Bonchev–Trinajstić information content (AvgIpc) is 2.51. The molecule has 0 unspecified atom stereocenters. The van der Waals surface area contributed by atoms with E-state index in [9.17, 15) is 14.9 Å². The predicted octanol–water partition coefficient (Wildman–Crippen LogP) is 2.24. The number of rotatable bonds is 7. The number of pyridine rings is 1. The van der Waals surface area contributed by atoms with Crippen molar-refractivity contribution in [3.05, 3.63) is 68.6 Å². The van der Waals surface area contributed by atoms with E-state index in [1.54, 1.807) is 0 Å². The van der Waals surface area contributed by atoms with Crippen LogP contribution in [0.15, 0.2) is 47.4 Å². The Kier molecular flexibility index (Phi) is 5.48. The molecule has 0 amide bonds. The monoisotopic (exact) mass is 317 g/mol. The molecular weight excluding hydrogens is 298 g/mol. The normalized spacial score (nSPS) is 10.7. The summed E-state index contributed by atoms with van der Waals surface area (Å²) in [6, 6.07) is 10.1. The molecule has 0 saturated carbocycles. The zero-order chi connectivity index (χ0) is 16.8.